The zero-order chi connectivity index (χ0) is 17.0. The van der Waals surface area contributed by atoms with Crippen molar-refractivity contribution in [2.75, 3.05) is 12.4 Å². The molecule has 0 spiro atoms. The van der Waals surface area contributed by atoms with E-state index in [1.54, 1.807) is 7.11 Å². The number of hydrogen-bond donors (Lipinski definition) is 2. The van der Waals surface area contributed by atoms with Crippen molar-refractivity contribution in [1.29, 1.82) is 0 Å². The topological polar surface area (TPSA) is 75.6 Å². The van der Waals surface area contributed by atoms with Crippen LogP contribution in [0.3, 0.4) is 0 Å². The van der Waals surface area contributed by atoms with Gasteiger partial charge in [-0.25, -0.2) is 4.79 Å². The summed E-state index contributed by atoms with van der Waals surface area (Å²) in [6.45, 7) is 1.94. The fourth-order valence-electron chi connectivity index (χ4n) is 2.19. The van der Waals surface area contributed by atoms with Gasteiger partial charge >= 0.3 is 5.97 Å². The Morgan fingerprint density at radius 1 is 1.22 bits per heavy atom. The van der Waals surface area contributed by atoms with E-state index in [-0.39, 0.29) is 22.9 Å². The Hall–Kier alpha value is -2.53. The number of rotatable bonds is 5. The number of carboxylic acid groups (broad SMARTS) is 1. The molecule has 6 heteroatoms. The van der Waals surface area contributed by atoms with E-state index in [4.69, 9.17) is 21.4 Å². The molecule has 2 aromatic carbocycles. The van der Waals surface area contributed by atoms with Gasteiger partial charge in [-0.15, -0.1) is 0 Å². The molecule has 23 heavy (non-hydrogen) atoms. The van der Waals surface area contributed by atoms with Crippen LogP contribution in [0, 0.1) is 6.92 Å². The van der Waals surface area contributed by atoms with Crippen LogP contribution in [0.1, 0.15) is 21.5 Å². The molecule has 0 aliphatic carbocycles. The van der Waals surface area contributed by atoms with E-state index in [1.165, 1.54) is 18.2 Å². The van der Waals surface area contributed by atoms with E-state index in [0.29, 0.717) is 11.4 Å². The lowest BCUT2D eigenvalue weighted by Gasteiger charge is -2.10. The van der Waals surface area contributed by atoms with Gasteiger partial charge in [0.1, 0.15) is 5.75 Å². The lowest BCUT2D eigenvalue weighted by molar-refractivity contribution is -0.115. The van der Waals surface area contributed by atoms with Crippen molar-refractivity contribution in [3.8, 4) is 5.75 Å². The van der Waals surface area contributed by atoms with Gasteiger partial charge in [-0.2, -0.15) is 0 Å². The molecule has 1 amide bonds. The van der Waals surface area contributed by atoms with Gasteiger partial charge in [0.15, 0.2) is 0 Å². The average Bonchev–Trinajstić information content (AvgIpc) is 2.47. The Bertz CT molecular complexity index is 758. The molecule has 0 radical (unpaired) electrons. The zero-order valence-electron chi connectivity index (χ0n) is 12.7. The van der Waals surface area contributed by atoms with Gasteiger partial charge in [0.2, 0.25) is 5.91 Å². The van der Waals surface area contributed by atoms with E-state index in [1.807, 2.05) is 25.1 Å². The molecule has 120 valence electrons. The highest BCUT2D eigenvalue weighted by atomic mass is 35.5. The molecule has 2 rings (SSSR count). The number of aryl methyl sites for hydroxylation is 1. The van der Waals surface area contributed by atoms with Gasteiger partial charge in [-0.3, -0.25) is 4.79 Å². The number of carboxylic acids is 1. The third kappa shape index (κ3) is 4.23. The van der Waals surface area contributed by atoms with Crippen molar-refractivity contribution in [1.82, 2.24) is 0 Å². The Morgan fingerprint density at radius 3 is 2.57 bits per heavy atom. The molecule has 0 saturated carbocycles. The molecule has 0 saturated heterocycles. The van der Waals surface area contributed by atoms with Crippen LogP contribution in [0.2, 0.25) is 5.02 Å². The lowest BCUT2D eigenvalue weighted by Crippen LogP contribution is -2.15. The van der Waals surface area contributed by atoms with Crippen molar-refractivity contribution in [3.05, 3.63) is 58.1 Å². The largest absolute Gasteiger partial charge is 0.496 e. The summed E-state index contributed by atoms with van der Waals surface area (Å²) in [6, 6.07) is 9.88. The lowest BCUT2D eigenvalue weighted by atomic mass is 10.1. The molecule has 0 atom stereocenters. The molecular formula is C17H16ClNO4. The van der Waals surface area contributed by atoms with Gasteiger partial charge < -0.3 is 15.2 Å². The second-order valence-electron chi connectivity index (χ2n) is 5.04. The molecule has 2 aromatic rings. The summed E-state index contributed by atoms with van der Waals surface area (Å²) in [4.78, 5) is 23.1. The highest BCUT2D eigenvalue weighted by Gasteiger charge is 2.12. The van der Waals surface area contributed by atoms with Crippen LogP contribution >= 0.6 is 11.6 Å². The Labute approximate surface area is 138 Å². The van der Waals surface area contributed by atoms with Crippen molar-refractivity contribution >= 4 is 29.2 Å². The summed E-state index contributed by atoms with van der Waals surface area (Å²) in [7, 11) is 1.55. The molecule has 0 aliphatic heterocycles. The maximum absolute atomic E-state index is 12.2. The smallest absolute Gasteiger partial charge is 0.337 e. The van der Waals surface area contributed by atoms with E-state index >= 15 is 0 Å². The number of carbonyl (C=O) groups is 2. The number of hydrogen-bond acceptors (Lipinski definition) is 3. The van der Waals surface area contributed by atoms with Crippen molar-refractivity contribution in [2.45, 2.75) is 13.3 Å². The predicted molar refractivity (Wildman–Crippen MR) is 88.5 cm³/mol. The van der Waals surface area contributed by atoms with Crippen LogP contribution in [-0.4, -0.2) is 24.1 Å². The Kier molecular flexibility index (Phi) is 5.24. The molecule has 0 heterocycles. The summed E-state index contributed by atoms with van der Waals surface area (Å²) in [5.74, 6) is -0.713. The summed E-state index contributed by atoms with van der Waals surface area (Å²) in [6.07, 6.45) is 0.142. The summed E-state index contributed by atoms with van der Waals surface area (Å²) in [5.41, 5.74) is 2.24. The third-order valence-electron chi connectivity index (χ3n) is 3.27. The van der Waals surface area contributed by atoms with E-state index in [0.717, 1.165) is 11.1 Å². The van der Waals surface area contributed by atoms with Crippen LogP contribution in [0.4, 0.5) is 5.69 Å². The molecule has 0 aromatic heterocycles. The van der Waals surface area contributed by atoms with Crippen LogP contribution in [0.25, 0.3) is 0 Å². The Balaban J connectivity index is 2.12. The van der Waals surface area contributed by atoms with Crippen molar-refractivity contribution in [3.63, 3.8) is 0 Å². The fourth-order valence-corrected chi connectivity index (χ4v) is 2.45. The van der Waals surface area contributed by atoms with Gasteiger partial charge in [-0.05, 0) is 31.2 Å². The van der Waals surface area contributed by atoms with Gasteiger partial charge in [0.25, 0.3) is 0 Å². The maximum Gasteiger partial charge on any atom is 0.337 e. The maximum atomic E-state index is 12.2. The number of anilines is 1. The number of methoxy groups -OCH3 is 1. The molecule has 0 bridgehead atoms. The second kappa shape index (κ2) is 7.15. The monoisotopic (exact) mass is 333 g/mol. The average molecular weight is 334 g/mol. The minimum atomic E-state index is -1.11. The first-order chi connectivity index (χ1) is 10.9. The van der Waals surface area contributed by atoms with E-state index in [2.05, 4.69) is 5.32 Å². The number of benzene rings is 2. The number of amides is 1. The first-order valence-corrected chi connectivity index (χ1v) is 7.24. The molecule has 0 aliphatic rings. The predicted octanol–water partition coefficient (Wildman–Crippen LogP) is 3.54. The third-order valence-corrected chi connectivity index (χ3v) is 3.58. The first-order valence-electron chi connectivity index (χ1n) is 6.87. The number of carbonyl (C=O) groups excluding carboxylic acids is 1. The first kappa shape index (κ1) is 16.8. The Morgan fingerprint density at radius 2 is 1.96 bits per heavy atom. The van der Waals surface area contributed by atoms with Crippen molar-refractivity contribution < 1.29 is 19.4 Å². The number of halogens is 1. The number of ether oxygens (including phenoxy) is 1. The standard InChI is InChI=1S/C17H16ClNO4/c1-10-3-6-15(23-2)11(7-10)8-16(20)19-12-4-5-13(17(21)22)14(18)9-12/h3-7,9H,8H2,1-2H3,(H,19,20)(H,21,22). The van der Waals surface area contributed by atoms with Crippen LogP contribution in [0.5, 0.6) is 5.75 Å². The van der Waals surface area contributed by atoms with E-state index in [9.17, 15) is 9.59 Å². The molecule has 5 nitrogen and oxygen atoms in total. The SMILES string of the molecule is COc1ccc(C)cc1CC(=O)Nc1ccc(C(=O)O)c(Cl)c1. The summed E-state index contributed by atoms with van der Waals surface area (Å²) < 4.78 is 5.25. The minimum absolute atomic E-state index is 0.00924. The molecule has 0 unspecified atom stereocenters. The highest BCUT2D eigenvalue weighted by molar-refractivity contribution is 6.33. The van der Waals surface area contributed by atoms with Crippen molar-refractivity contribution in [2.24, 2.45) is 0 Å². The number of nitrogens with one attached hydrogen (secondary N) is 1. The minimum Gasteiger partial charge on any atom is -0.496 e. The van der Waals surface area contributed by atoms with Crippen LogP contribution in [0.15, 0.2) is 36.4 Å². The number of aromatic carboxylic acids is 1. The summed E-state index contributed by atoms with van der Waals surface area (Å²) in [5, 5.41) is 11.7. The summed E-state index contributed by atoms with van der Waals surface area (Å²) >= 11 is 5.88. The zero-order valence-corrected chi connectivity index (χ0v) is 13.5. The fraction of sp³-hybridized carbons (Fsp3) is 0.176. The normalized spacial score (nSPS) is 10.2. The van der Waals surface area contributed by atoms with Gasteiger partial charge in [0.05, 0.1) is 24.1 Å². The van der Waals surface area contributed by atoms with Crippen LogP contribution in [-0.2, 0) is 11.2 Å². The molecule has 0 fully saturated rings. The highest BCUT2D eigenvalue weighted by Crippen LogP contribution is 2.23. The van der Waals surface area contributed by atoms with Gasteiger partial charge in [-0.1, -0.05) is 29.3 Å². The molecule has 2 N–H and O–H groups in total. The quantitative estimate of drug-likeness (QED) is 0.877. The van der Waals surface area contributed by atoms with Crippen LogP contribution < -0.4 is 10.1 Å². The van der Waals surface area contributed by atoms with Gasteiger partial charge in [0, 0.05) is 11.3 Å². The molecular weight excluding hydrogens is 318 g/mol. The second-order valence-corrected chi connectivity index (χ2v) is 5.45. The van der Waals surface area contributed by atoms with E-state index < -0.39 is 5.97 Å².